The van der Waals surface area contributed by atoms with Gasteiger partial charge in [-0.3, -0.25) is 4.79 Å². The Morgan fingerprint density at radius 3 is 2.65 bits per heavy atom. The molecular weight excluding hydrogens is 330 g/mol. The van der Waals surface area contributed by atoms with E-state index in [0.717, 1.165) is 22.6 Å². The maximum Gasteiger partial charge on any atom is 0.340 e. The van der Waals surface area contributed by atoms with E-state index in [1.807, 2.05) is 35.0 Å². The van der Waals surface area contributed by atoms with Gasteiger partial charge in [0.25, 0.3) is 5.91 Å². The Morgan fingerprint density at radius 2 is 2.00 bits per heavy atom. The number of carbonyl (C=O) groups is 2. The molecule has 1 amide bonds. The summed E-state index contributed by atoms with van der Waals surface area (Å²) in [6, 6.07) is 7.61. The Kier molecular flexibility index (Phi) is 7.03. The van der Waals surface area contributed by atoms with Crippen molar-refractivity contribution in [2.24, 2.45) is 0 Å². The molecule has 0 radical (unpaired) electrons. The van der Waals surface area contributed by atoms with E-state index in [4.69, 9.17) is 4.74 Å². The van der Waals surface area contributed by atoms with Crippen molar-refractivity contribution in [2.45, 2.75) is 19.8 Å². The lowest BCUT2D eigenvalue weighted by Crippen LogP contribution is -2.29. The number of carbonyl (C=O) groups excluding carboxylic acids is 2. The van der Waals surface area contributed by atoms with Gasteiger partial charge in [0.05, 0.1) is 5.57 Å². The van der Waals surface area contributed by atoms with Gasteiger partial charge in [0.1, 0.15) is 0 Å². The number of nitrogens with one attached hydrogen (secondary N) is 1. The van der Waals surface area contributed by atoms with Crippen molar-refractivity contribution in [1.82, 2.24) is 5.32 Å². The minimum Gasteiger partial charge on any atom is -0.452 e. The molecule has 2 heterocycles. The zero-order valence-corrected chi connectivity index (χ0v) is 14.5. The Hall–Kier alpha value is -1.92. The van der Waals surface area contributed by atoms with Gasteiger partial charge in [0.15, 0.2) is 6.61 Å². The second kappa shape index (κ2) is 9.27. The Morgan fingerprint density at radius 1 is 1.22 bits per heavy atom. The molecule has 2 aromatic rings. The lowest BCUT2D eigenvalue weighted by molar-refractivity contribution is -0.142. The minimum atomic E-state index is -0.480. The van der Waals surface area contributed by atoms with Crippen LogP contribution in [-0.4, -0.2) is 25.0 Å². The summed E-state index contributed by atoms with van der Waals surface area (Å²) in [7, 11) is 0. The zero-order chi connectivity index (χ0) is 16.5. The highest BCUT2D eigenvalue weighted by Gasteiger charge is 2.16. The van der Waals surface area contributed by atoms with E-state index in [1.54, 1.807) is 17.4 Å². The molecule has 2 rings (SSSR count). The molecule has 6 heteroatoms. The summed E-state index contributed by atoms with van der Waals surface area (Å²) in [6.07, 6.45) is 3.72. The third-order valence-electron chi connectivity index (χ3n) is 3.02. The van der Waals surface area contributed by atoms with E-state index in [9.17, 15) is 9.59 Å². The maximum atomic E-state index is 12.3. The lowest BCUT2D eigenvalue weighted by atomic mass is 10.2. The molecule has 0 atom stereocenters. The molecule has 0 saturated heterocycles. The third kappa shape index (κ3) is 5.65. The molecule has 4 nitrogen and oxygen atoms in total. The number of ether oxygens (including phenoxy) is 1. The van der Waals surface area contributed by atoms with Gasteiger partial charge in [0.2, 0.25) is 0 Å². The molecule has 23 heavy (non-hydrogen) atoms. The van der Waals surface area contributed by atoms with Crippen molar-refractivity contribution in [2.75, 3.05) is 13.2 Å². The molecule has 0 bridgehead atoms. The normalized spacial score (nSPS) is 11.3. The van der Waals surface area contributed by atoms with Crippen LogP contribution in [0.5, 0.6) is 0 Å². The van der Waals surface area contributed by atoms with Crippen LogP contribution < -0.4 is 5.32 Å². The molecule has 0 spiro atoms. The van der Waals surface area contributed by atoms with Crippen LogP contribution in [0.1, 0.15) is 29.5 Å². The van der Waals surface area contributed by atoms with Crippen LogP contribution in [0, 0.1) is 0 Å². The Balaban J connectivity index is 1.99. The highest BCUT2D eigenvalue weighted by Crippen LogP contribution is 2.25. The van der Waals surface area contributed by atoms with Gasteiger partial charge in [-0.2, -0.15) is 0 Å². The maximum absolute atomic E-state index is 12.3. The predicted molar refractivity (Wildman–Crippen MR) is 95.4 cm³/mol. The minimum absolute atomic E-state index is 0.254. The van der Waals surface area contributed by atoms with Gasteiger partial charge in [-0.1, -0.05) is 25.5 Å². The van der Waals surface area contributed by atoms with Gasteiger partial charge in [-0.15, -0.1) is 22.7 Å². The van der Waals surface area contributed by atoms with Crippen LogP contribution in [0.4, 0.5) is 0 Å². The number of esters is 1. The highest BCUT2D eigenvalue weighted by molar-refractivity contribution is 7.12. The van der Waals surface area contributed by atoms with E-state index >= 15 is 0 Å². The van der Waals surface area contributed by atoms with Crippen molar-refractivity contribution in [3.8, 4) is 0 Å². The fraction of sp³-hybridized carbons (Fsp3) is 0.294. The van der Waals surface area contributed by atoms with Gasteiger partial charge in [0, 0.05) is 16.3 Å². The molecule has 0 aromatic carbocycles. The quantitative estimate of drug-likeness (QED) is 0.448. The molecule has 122 valence electrons. The molecule has 0 aliphatic rings. The second-order valence-corrected chi connectivity index (χ2v) is 6.76. The predicted octanol–water partition coefficient (Wildman–Crippen LogP) is 3.81. The number of hydrogen-bond donors (Lipinski definition) is 1. The summed E-state index contributed by atoms with van der Waals surface area (Å²) in [5, 5.41) is 6.58. The molecule has 2 aromatic heterocycles. The van der Waals surface area contributed by atoms with E-state index in [1.165, 1.54) is 11.3 Å². The molecule has 0 aliphatic heterocycles. The standard InChI is InChI=1S/C17H19NO3S2/c1-2-3-8-18-16(19)12-21-17(20)14(15-7-5-10-23-15)11-13-6-4-9-22-13/h4-7,9-11H,2-3,8,12H2,1H3,(H,18,19)/b14-11+. The van der Waals surface area contributed by atoms with Crippen molar-refractivity contribution in [3.63, 3.8) is 0 Å². The fourth-order valence-corrected chi connectivity index (χ4v) is 3.23. The zero-order valence-electron chi connectivity index (χ0n) is 12.9. The first-order valence-corrected chi connectivity index (χ1v) is 9.19. The van der Waals surface area contributed by atoms with E-state index in [-0.39, 0.29) is 12.5 Å². The van der Waals surface area contributed by atoms with Crippen LogP contribution in [-0.2, 0) is 14.3 Å². The molecule has 1 N–H and O–H groups in total. The second-order valence-electron chi connectivity index (χ2n) is 4.83. The molecule has 0 saturated carbocycles. The summed E-state index contributed by atoms with van der Waals surface area (Å²) < 4.78 is 5.16. The van der Waals surface area contributed by atoms with Gasteiger partial charge in [-0.05, 0) is 35.4 Å². The number of hydrogen-bond acceptors (Lipinski definition) is 5. The number of unbranched alkanes of at least 4 members (excludes halogenated alkanes) is 1. The first-order chi connectivity index (χ1) is 11.2. The molecular formula is C17H19NO3S2. The number of rotatable bonds is 8. The summed E-state index contributed by atoms with van der Waals surface area (Å²) in [6.45, 7) is 2.40. The first-order valence-electron chi connectivity index (χ1n) is 7.43. The average molecular weight is 349 g/mol. The van der Waals surface area contributed by atoms with Crippen molar-refractivity contribution in [3.05, 3.63) is 44.8 Å². The lowest BCUT2D eigenvalue weighted by Gasteiger charge is -2.08. The number of thiophene rings is 2. The monoisotopic (exact) mass is 349 g/mol. The van der Waals surface area contributed by atoms with Crippen molar-refractivity contribution in [1.29, 1.82) is 0 Å². The van der Waals surface area contributed by atoms with Crippen LogP contribution in [0.25, 0.3) is 11.6 Å². The van der Waals surface area contributed by atoms with E-state index in [0.29, 0.717) is 12.1 Å². The van der Waals surface area contributed by atoms with E-state index in [2.05, 4.69) is 12.2 Å². The average Bonchev–Trinajstić information content (AvgIpc) is 3.23. The Labute approximate surface area is 143 Å². The third-order valence-corrected chi connectivity index (χ3v) is 4.75. The topological polar surface area (TPSA) is 55.4 Å². The SMILES string of the molecule is CCCCNC(=O)COC(=O)/C(=C/c1cccs1)c1cccs1. The summed E-state index contributed by atoms with van der Waals surface area (Å²) in [4.78, 5) is 25.8. The van der Waals surface area contributed by atoms with Crippen LogP contribution >= 0.6 is 22.7 Å². The smallest absolute Gasteiger partial charge is 0.340 e. The number of amides is 1. The summed E-state index contributed by atoms with van der Waals surface area (Å²) in [5.41, 5.74) is 0.476. The van der Waals surface area contributed by atoms with Crippen molar-refractivity contribution >= 4 is 46.2 Å². The Bertz CT molecular complexity index is 645. The van der Waals surface area contributed by atoms with Gasteiger partial charge in [-0.25, -0.2) is 4.79 Å². The summed E-state index contributed by atoms with van der Waals surface area (Å²) in [5.74, 6) is -0.750. The largest absolute Gasteiger partial charge is 0.452 e. The van der Waals surface area contributed by atoms with Gasteiger partial charge < -0.3 is 10.1 Å². The fourth-order valence-electron chi connectivity index (χ4n) is 1.84. The van der Waals surface area contributed by atoms with Crippen LogP contribution in [0.15, 0.2) is 35.0 Å². The van der Waals surface area contributed by atoms with Crippen LogP contribution in [0.3, 0.4) is 0 Å². The molecule has 0 unspecified atom stereocenters. The van der Waals surface area contributed by atoms with Gasteiger partial charge >= 0.3 is 5.97 Å². The highest BCUT2D eigenvalue weighted by atomic mass is 32.1. The molecule has 0 aliphatic carbocycles. The molecule has 0 fully saturated rings. The van der Waals surface area contributed by atoms with Crippen molar-refractivity contribution < 1.29 is 14.3 Å². The first kappa shape index (κ1) is 17.4. The van der Waals surface area contributed by atoms with E-state index < -0.39 is 5.97 Å². The summed E-state index contributed by atoms with van der Waals surface area (Å²) >= 11 is 3.01. The van der Waals surface area contributed by atoms with Crippen LogP contribution in [0.2, 0.25) is 0 Å².